The van der Waals surface area contributed by atoms with E-state index in [2.05, 4.69) is 22.2 Å². The predicted octanol–water partition coefficient (Wildman–Crippen LogP) is 4.16. The van der Waals surface area contributed by atoms with Crippen LogP contribution in [0.1, 0.15) is 26.2 Å². The second kappa shape index (κ2) is 7.00. The second-order valence-electron chi connectivity index (χ2n) is 5.83. The molecule has 1 fully saturated rings. The van der Waals surface area contributed by atoms with Crippen molar-refractivity contribution in [3.8, 4) is 0 Å². The van der Waals surface area contributed by atoms with Crippen LogP contribution in [0.5, 0.6) is 0 Å². The van der Waals surface area contributed by atoms with Crippen LogP contribution in [0.15, 0.2) is 30.6 Å². The molecule has 1 aliphatic heterocycles. The number of hydrogen-bond donors (Lipinski definition) is 1. The number of rotatable bonds is 4. The highest BCUT2D eigenvalue weighted by Crippen LogP contribution is 2.36. The average molecular weight is 348 g/mol. The van der Waals surface area contributed by atoms with Crippen LogP contribution in [-0.4, -0.2) is 27.5 Å². The van der Waals surface area contributed by atoms with Gasteiger partial charge in [-0.3, -0.25) is 10.1 Å². The summed E-state index contributed by atoms with van der Waals surface area (Å²) in [5.74, 6) is 0.539. The summed E-state index contributed by atoms with van der Waals surface area (Å²) in [6.07, 6.45) is 4.49. The van der Waals surface area contributed by atoms with E-state index in [1.807, 2.05) is 4.90 Å². The molecule has 1 saturated heterocycles. The molecule has 7 nitrogen and oxygen atoms in total. The van der Waals surface area contributed by atoms with Crippen LogP contribution >= 0.6 is 11.6 Å². The summed E-state index contributed by atoms with van der Waals surface area (Å²) < 4.78 is 0. The molecule has 1 unspecified atom stereocenters. The molecule has 1 aromatic carbocycles. The molecule has 24 heavy (non-hydrogen) atoms. The number of nitrogens with zero attached hydrogens (tertiary/aromatic N) is 4. The number of anilines is 3. The van der Waals surface area contributed by atoms with Crippen molar-refractivity contribution in [1.82, 2.24) is 9.97 Å². The molecule has 0 radical (unpaired) electrons. The van der Waals surface area contributed by atoms with Gasteiger partial charge in [-0.2, -0.15) is 0 Å². The van der Waals surface area contributed by atoms with Crippen LogP contribution in [0, 0.1) is 10.1 Å². The second-order valence-corrected chi connectivity index (χ2v) is 6.26. The van der Waals surface area contributed by atoms with Gasteiger partial charge in [0.25, 0.3) is 0 Å². The maximum Gasteiger partial charge on any atom is 0.353 e. The van der Waals surface area contributed by atoms with E-state index in [1.54, 1.807) is 24.3 Å². The van der Waals surface area contributed by atoms with E-state index in [0.717, 1.165) is 25.8 Å². The van der Waals surface area contributed by atoms with Gasteiger partial charge >= 0.3 is 5.69 Å². The van der Waals surface area contributed by atoms with Crippen molar-refractivity contribution in [3.63, 3.8) is 0 Å². The molecule has 0 saturated carbocycles. The molecule has 8 heteroatoms. The third-order valence-electron chi connectivity index (χ3n) is 4.15. The van der Waals surface area contributed by atoms with Gasteiger partial charge in [0.2, 0.25) is 11.6 Å². The van der Waals surface area contributed by atoms with E-state index < -0.39 is 4.92 Å². The smallest absolute Gasteiger partial charge is 0.348 e. The topological polar surface area (TPSA) is 84.2 Å². The van der Waals surface area contributed by atoms with Gasteiger partial charge in [0.1, 0.15) is 6.33 Å². The Hall–Kier alpha value is -2.41. The number of nitrogens with one attached hydrogen (secondary N) is 1. The summed E-state index contributed by atoms with van der Waals surface area (Å²) in [5, 5.41) is 15.2. The fourth-order valence-electron chi connectivity index (χ4n) is 2.95. The molecular weight excluding hydrogens is 330 g/mol. The van der Waals surface area contributed by atoms with Crippen molar-refractivity contribution >= 4 is 34.6 Å². The Labute approximate surface area is 144 Å². The van der Waals surface area contributed by atoms with Gasteiger partial charge < -0.3 is 10.2 Å². The molecule has 0 spiro atoms. The Morgan fingerprint density at radius 3 is 2.92 bits per heavy atom. The molecule has 0 bridgehead atoms. The third-order valence-corrected chi connectivity index (χ3v) is 4.38. The van der Waals surface area contributed by atoms with Gasteiger partial charge in [-0.1, -0.05) is 17.7 Å². The lowest BCUT2D eigenvalue weighted by Gasteiger charge is -2.33. The number of halogens is 1. The first-order valence-electron chi connectivity index (χ1n) is 7.85. The van der Waals surface area contributed by atoms with E-state index in [-0.39, 0.29) is 17.5 Å². The molecule has 0 aliphatic carbocycles. The summed E-state index contributed by atoms with van der Waals surface area (Å²) in [7, 11) is 0. The molecule has 2 heterocycles. The van der Waals surface area contributed by atoms with Crippen molar-refractivity contribution in [1.29, 1.82) is 0 Å². The van der Waals surface area contributed by atoms with Crippen molar-refractivity contribution in [2.75, 3.05) is 16.8 Å². The first-order valence-corrected chi connectivity index (χ1v) is 8.22. The minimum atomic E-state index is -0.427. The summed E-state index contributed by atoms with van der Waals surface area (Å²) in [5.41, 5.74) is 0.535. The zero-order valence-corrected chi connectivity index (χ0v) is 14.0. The lowest BCUT2D eigenvalue weighted by Crippen LogP contribution is -2.38. The van der Waals surface area contributed by atoms with Crippen molar-refractivity contribution in [3.05, 3.63) is 45.7 Å². The fraction of sp³-hybridized carbons (Fsp3) is 0.375. The van der Waals surface area contributed by atoms with E-state index in [9.17, 15) is 10.1 Å². The highest BCUT2D eigenvalue weighted by Gasteiger charge is 2.30. The fourth-order valence-corrected chi connectivity index (χ4v) is 3.15. The molecule has 1 aliphatic rings. The maximum absolute atomic E-state index is 11.7. The standard InChI is InChI=1S/C16H18ClN5O2/c1-11-5-2-3-8-21(11)16-14(22(23)24)15(18-10-19-16)20-13-7-4-6-12(17)9-13/h4,6-7,9-11H,2-3,5,8H2,1H3,(H,18,19,20). The van der Waals surface area contributed by atoms with Crippen molar-refractivity contribution < 1.29 is 4.92 Å². The molecule has 2 aromatic rings. The first-order chi connectivity index (χ1) is 11.6. The summed E-state index contributed by atoms with van der Waals surface area (Å²) in [6, 6.07) is 7.19. The molecular formula is C16H18ClN5O2. The van der Waals surface area contributed by atoms with Crippen molar-refractivity contribution in [2.24, 2.45) is 0 Å². The Morgan fingerprint density at radius 2 is 2.21 bits per heavy atom. The number of benzene rings is 1. The van der Waals surface area contributed by atoms with Crippen LogP contribution in [0.2, 0.25) is 5.02 Å². The Morgan fingerprint density at radius 1 is 1.38 bits per heavy atom. The zero-order valence-electron chi connectivity index (χ0n) is 13.3. The predicted molar refractivity (Wildman–Crippen MR) is 94.1 cm³/mol. The molecule has 1 aromatic heterocycles. The number of nitro groups is 1. The van der Waals surface area contributed by atoms with Gasteiger partial charge in [-0.25, -0.2) is 9.97 Å². The van der Waals surface area contributed by atoms with Crippen LogP contribution in [-0.2, 0) is 0 Å². The van der Waals surface area contributed by atoms with Crippen LogP contribution < -0.4 is 10.2 Å². The van der Waals surface area contributed by atoms with Crippen molar-refractivity contribution in [2.45, 2.75) is 32.2 Å². The number of hydrogen-bond acceptors (Lipinski definition) is 6. The lowest BCUT2D eigenvalue weighted by molar-refractivity contribution is -0.383. The zero-order chi connectivity index (χ0) is 17.1. The summed E-state index contributed by atoms with van der Waals surface area (Å²) >= 11 is 5.97. The maximum atomic E-state index is 11.7. The Bertz CT molecular complexity index is 755. The van der Waals surface area contributed by atoms with Gasteiger partial charge in [-0.15, -0.1) is 0 Å². The monoisotopic (exact) mass is 347 g/mol. The first kappa shape index (κ1) is 16.4. The van der Waals surface area contributed by atoms with E-state index in [0.29, 0.717) is 16.5 Å². The normalized spacial score (nSPS) is 17.6. The largest absolute Gasteiger partial charge is 0.353 e. The van der Waals surface area contributed by atoms with Gasteiger partial charge in [0, 0.05) is 23.3 Å². The molecule has 1 N–H and O–H groups in total. The molecule has 0 amide bonds. The number of aromatic nitrogens is 2. The van der Waals surface area contributed by atoms with E-state index in [4.69, 9.17) is 11.6 Å². The third kappa shape index (κ3) is 3.41. The van der Waals surface area contributed by atoms with Gasteiger partial charge in [0.15, 0.2) is 0 Å². The number of piperidine rings is 1. The minimum absolute atomic E-state index is 0.105. The van der Waals surface area contributed by atoms with E-state index in [1.165, 1.54) is 6.33 Å². The molecule has 126 valence electrons. The minimum Gasteiger partial charge on any atom is -0.348 e. The van der Waals surface area contributed by atoms with Crippen LogP contribution in [0.3, 0.4) is 0 Å². The summed E-state index contributed by atoms with van der Waals surface area (Å²) in [6.45, 7) is 2.82. The molecule has 3 rings (SSSR count). The lowest BCUT2D eigenvalue weighted by atomic mass is 10.0. The van der Waals surface area contributed by atoms with Crippen LogP contribution in [0.25, 0.3) is 0 Å². The van der Waals surface area contributed by atoms with Gasteiger partial charge in [0.05, 0.1) is 4.92 Å². The SMILES string of the molecule is CC1CCCCN1c1ncnc(Nc2cccc(Cl)c2)c1[N+](=O)[O-]. The quantitative estimate of drug-likeness (QED) is 0.660. The summed E-state index contributed by atoms with van der Waals surface area (Å²) in [4.78, 5) is 21.5. The molecule has 1 atom stereocenters. The van der Waals surface area contributed by atoms with Gasteiger partial charge in [-0.05, 0) is 44.4 Å². The van der Waals surface area contributed by atoms with Crippen LogP contribution in [0.4, 0.5) is 23.0 Å². The van der Waals surface area contributed by atoms with E-state index >= 15 is 0 Å². The average Bonchev–Trinajstić information content (AvgIpc) is 2.55. The Kier molecular flexibility index (Phi) is 4.80. The highest BCUT2D eigenvalue weighted by atomic mass is 35.5. The highest BCUT2D eigenvalue weighted by molar-refractivity contribution is 6.30. The Balaban J connectivity index is 2.00.